The predicted molar refractivity (Wildman–Crippen MR) is 138 cm³/mol. The van der Waals surface area contributed by atoms with Crippen LogP contribution < -0.4 is 15.0 Å². The standard InChI is InChI=1S/C25H21N5O2S2/c1-16-7-5-8-17(13-16)27-22(31)14-29-19-10-4-3-9-18(19)23(24(29)32)28-30-20(15-34-25(30)26-2)21-11-6-12-33-21/h3-13,15H,14H2,1-2H3,(H,27,31)/b26-25?,28-23-. The van der Waals surface area contributed by atoms with E-state index in [2.05, 4.69) is 10.3 Å². The molecular weight excluding hydrogens is 466 g/mol. The molecule has 1 aliphatic heterocycles. The fraction of sp³-hybridized carbons (Fsp3) is 0.120. The molecule has 2 amide bonds. The number of aromatic nitrogens is 1. The second-order valence-corrected chi connectivity index (χ2v) is 9.48. The Kier molecular flexibility index (Phi) is 5.95. The molecule has 0 bridgehead atoms. The molecule has 0 spiro atoms. The van der Waals surface area contributed by atoms with Gasteiger partial charge in [0.15, 0.2) is 5.71 Å². The van der Waals surface area contributed by atoms with Crippen molar-refractivity contribution in [3.8, 4) is 10.6 Å². The third kappa shape index (κ3) is 4.11. The van der Waals surface area contributed by atoms with Crippen molar-refractivity contribution in [1.29, 1.82) is 0 Å². The molecule has 0 atom stereocenters. The van der Waals surface area contributed by atoms with Crippen LogP contribution in [0.5, 0.6) is 0 Å². The summed E-state index contributed by atoms with van der Waals surface area (Å²) in [5, 5.41) is 11.6. The molecule has 0 saturated heterocycles. The average Bonchev–Trinajstić information content (AvgIpc) is 3.55. The molecule has 1 N–H and O–H groups in total. The molecule has 0 unspecified atom stereocenters. The highest BCUT2D eigenvalue weighted by molar-refractivity contribution is 7.14. The SMILES string of the molecule is CN=c1scc(-c2cccs2)n1/N=C1\C(=O)N(CC(=O)Nc2cccc(C)c2)c2ccccc21. The van der Waals surface area contributed by atoms with E-state index >= 15 is 0 Å². The molecule has 7 nitrogen and oxygen atoms in total. The van der Waals surface area contributed by atoms with Crippen molar-refractivity contribution in [2.45, 2.75) is 6.92 Å². The first-order valence-electron chi connectivity index (χ1n) is 10.6. The number of carbonyl (C=O) groups excluding carboxylic acids is 2. The van der Waals surface area contributed by atoms with Crippen molar-refractivity contribution in [3.63, 3.8) is 0 Å². The van der Waals surface area contributed by atoms with Gasteiger partial charge in [0.1, 0.15) is 6.54 Å². The summed E-state index contributed by atoms with van der Waals surface area (Å²) in [5.41, 5.74) is 4.24. The van der Waals surface area contributed by atoms with Crippen LogP contribution in [0.1, 0.15) is 11.1 Å². The van der Waals surface area contributed by atoms with E-state index < -0.39 is 0 Å². The summed E-state index contributed by atoms with van der Waals surface area (Å²) < 4.78 is 1.71. The van der Waals surface area contributed by atoms with E-state index in [4.69, 9.17) is 5.10 Å². The summed E-state index contributed by atoms with van der Waals surface area (Å²) >= 11 is 3.06. The number of nitrogens with zero attached hydrogens (tertiary/aromatic N) is 4. The molecule has 1 aliphatic rings. The normalized spacial score (nSPS) is 14.6. The third-order valence-corrected chi connectivity index (χ3v) is 7.15. The van der Waals surface area contributed by atoms with E-state index in [0.29, 0.717) is 21.7 Å². The number of hydrogen-bond donors (Lipinski definition) is 1. The average molecular weight is 488 g/mol. The van der Waals surface area contributed by atoms with Crippen molar-refractivity contribution < 1.29 is 9.59 Å². The van der Waals surface area contributed by atoms with Gasteiger partial charge in [0.2, 0.25) is 10.7 Å². The second kappa shape index (κ2) is 9.20. The number of nitrogens with one attached hydrogen (secondary N) is 1. The van der Waals surface area contributed by atoms with E-state index in [1.807, 2.05) is 78.3 Å². The van der Waals surface area contributed by atoms with Crippen LogP contribution in [0.3, 0.4) is 0 Å². The zero-order chi connectivity index (χ0) is 23.7. The lowest BCUT2D eigenvalue weighted by Gasteiger charge is -2.16. The van der Waals surface area contributed by atoms with Crippen molar-refractivity contribution >= 4 is 51.6 Å². The van der Waals surface area contributed by atoms with Crippen molar-refractivity contribution in [3.05, 3.63) is 87.4 Å². The van der Waals surface area contributed by atoms with Gasteiger partial charge in [-0.3, -0.25) is 19.5 Å². The lowest BCUT2D eigenvalue weighted by Crippen LogP contribution is -2.37. The van der Waals surface area contributed by atoms with E-state index in [-0.39, 0.29) is 24.1 Å². The summed E-state index contributed by atoms with van der Waals surface area (Å²) in [4.78, 5) is 33.8. The fourth-order valence-corrected chi connectivity index (χ4v) is 5.41. The summed E-state index contributed by atoms with van der Waals surface area (Å²) in [6, 6.07) is 18.9. The summed E-state index contributed by atoms with van der Waals surface area (Å²) in [5.74, 6) is -0.597. The number of rotatable bonds is 5. The molecule has 170 valence electrons. The molecule has 34 heavy (non-hydrogen) atoms. The van der Waals surface area contributed by atoms with E-state index in [9.17, 15) is 9.59 Å². The first-order valence-corrected chi connectivity index (χ1v) is 12.3. The van der Waals surface area contributed by atoms with Gasteiger partial charge in [-0.1, -0.05) is 36.4 Å². The summed E-state index contributed by atoms with van der Waals surface area (Å²) in [6.07, 6.45) is 0. The lowest BCUT2D eigenvalue weighted by molar-refractivity contribution is -0.118. The van der Waals surface area contributed by atoms with Gasteiger partial charge in [0.05, 0.1) is 16.3 Å². The maximum absolute atomic E-state index is 13.5. The molecule has 4 aromatic rings. The number of amides is 2. The molecule has 9 heteroatoms. The van der Waals surface area contributed by atoms with Crippen LogP contribution in [-0.2, 0) is 9.59 Å². The van der Waals surface area contributed by atoms with Crippen molar-refractivity contribution in [1.82, 2.24) is 4.68 Å². The second-order valence-electron chi connectivity index (χ2n) is 7.69. The highest BCUT2D eigenvalue weighted by atomic mass is 32.1. The smallest absolute Gasteiger partial charge is 0.279 e. The van der Waals surface area contributed by atoms with Crippen LogP contribution in [0.25, 0.3) is 10.6 Å². The number of carbonyl (C=O) groups is 2. The molecule has 3 heterocycles. The number of anilines is 2. The van der Waals surface area contributed by atoms with E-state index in [1.165, 1.54) is 16.2 Å². The van der Waals surface area contributed by atoms with E-state index in [1.54, 1.807) is 23.1 Å². The number of fused-ring (bicyclic) bond motifs is 1. The van der Waals surface area contributed by atoms with Crippen LogP contribution in [0, 0.1) is 6.92 Å². The minimum absolute atomic E-state index is 0.111. The first kappa shape index (κ1) is 22.0. The topological polar surface area (TPSA) is 79.1 Å². The zero-order valence-corrected chi connectivity index (χ0v) is 20.2. The largest absolute Gasteiger partial charge is 0.325 e. The maximum Gasteiger partial charge on any atom is 0.279 e. The van der Waals surface area contributed by atoms with Crippen LogP contribution >= 0.6 is 22.7 Å². The molecule has 2 aromatic heterocycles. The number of thiophene rings is 1. The lowest BCUT2D eigenvalue weighted by atomic mass is 10.1. The molecule has 0 aliphatic carbocycles. The fourth-order valence-electron chi connectivity index (χ4n) is 3.82. The van der Waals surface area contributed by atoms with Crippen LogP contribution in [0.2, 0.25) is 0 Å². The highest BCUT2D eigenvalue weighted by Gasteiger charge is 2.35. The molecule has 2 aromatic carbocycles. The zero-order valence-electron chi connectivity index (χ0n) is 18.6. The van der Waals surface area contributed by atoms with Gasteiger partial charge in [-0.05, 0) is 42.1 Å². The van der Waals surface area contributed by atoms with Gasteiger partial charge in [-0.15, -0.1) is 22.7 Å². The van der Waals surface area contributed by atoms with Gasteiger partial charge < -0.3 is 5.32 Å². The minimum Gasteiger partial charge on any atom is -0.325 e. The Morgan fingerprint density at radius 3 is 2.68 bits per heavy atom. The minimum atomic E-state index is -0.321. The Morgan fingerprint density at radius 2 is 1.91 bits per heavy atom. The number of thiazole rings is 1. The van der Waals surface area contributed by atoms with Crippen molar-refractivity contribution in [2.75, 3.05) is 23.8 Å². The monoisotopic (exact) mass is 487 g/mol. The molecule has 0 radical (unpaired) electrons. The van der Waals surface area contributed by atoms with Gasteiger partial charge in [0.25, 0.3) is 5.91 Å². The Labute approximate surface area is 204 Å². The first-order chi connectivity index (χ1) is 16.5. The van der Waals surface area contributed by atoms with Crippen LogP contribution in [-0.4, -0.2) is 35.8 Å². The van der Waals surface area contributed by atoms with Gasteiger partial charge in [-0.2, -0.15) is 5.10 Å². The Bertz CT molecular complexity index is 1480. The summed E-state index contributed by atoms with van der Waals surface area (Å²) in [6.45, 7) is 1.85. The predicted octanol–water partition coefficient (Wildman–Crippen LogP) is 4.35. The van der Waals surface area contributed by atoms with Crippen LogP contribution in [0.15, 0.2) is 81.5 Å². The number of benzene rings is 2. The van der Waals surface area contributed by atoms with Crippen molar-refractivity contribution in [2.24, 2.45) is 10.1 Å². The maximum atomic E-state index is 13.5. The van der Waals surface area contributed by atoms with Gasteiger partial charge >= 0.3 is 0 Å². The Hall–Kier alpha value is -3.82. The molecule has 5 rings (SSSR count). The molecule has 0 fully saturated rings. The van der Waals surface area contributed by atoms with Crippen LogP contribution in [0.4, 0.5) is 11.4 Å². The number of para-hydroxylation sites is 1. The Morgan fingerprint density at radius 1 is 1.06 bits per heavy atom. The molecule has 0 saturated carbocycles. The van der Waals surface area contributed by atoms with E-state index in [0.717, 1.165) is 16.1 Å². The van der Waals surface area contributed by atoms with Gasteiger partial charge in [0, 0.05) is 23.7 Å². The number of aryl methyl sites for hydroxylation is 1. The quantitative estimate of drug-likeness (QED) is 0.454. The van der Waals surface area contributed by atoms with Gasteiger partial charge in [-0.25, -0.2) is 4.68 Å². The summed E-state index contributed by atoms with van der Waals surface area (Å²) in [7, 11) is 1.70. The molecular formula is C25H21N5O2S2. The Balaban J connectivity index is 1.50. The third-order valence-electron chi connectivity index (χ3n) is 5.35. The number of hydrogen-bond acceptors (Lipinski definition) is 6. The highest BCUT2D eigenvalue weighted by Crippen LogP contribution is 2.30.